The van der Waals surface area contributed by atoms with Gasteiger partial charge in [-0.25, -0.2) is 15.0 Å². The average Bonchev–Trinajstić information content (AvgIpc) is 2.87. The van der Waals surface area contributed by atoms with Crippen LogP contribution in [0.3, 0.4) is 0 Å². The number of hydrogen-bond acceptors (Lipinski definition) is 5. The lowest BCUT2D eigenvalue weighted by atomic mass is 10.3. The fourth-order valence-corrected chi connectivity index (χ4v) is 4.46. The van der Waals surface area contributed by atoms with E-state index in [1.54, 1.807) is 12.7 Å². The third-order valence-electron chi connectivity index (χ3n) is 2.35. The Morgan fingerprint density at radius 1 is 1.27 bits per heavy atom. The van der Waals surface area contributed by atoms with Crippen molar-refractivity contribution in [3.8, 4) is 0 Å². The molecule has 15 heavy (non-hydrogen) atoms. The van der Waals surface area contributed by atoms with Gasteiger partial charge in [-0.15, -0.1) is 23.5 Å². The molecule has 1 aliphatic heterocycles. The molecule has 1 N–H and O–H groups in total. The van der Waals surface area contributed by atoms with Gasteiger partial charge < -0.3 is 4.98 Å². The van der Waals surface area contributed by atoms with Crippen LogP contribution < -0.4 is 0 Å². The van der Waals surface area contributed by atoms with Crippen LogP contribution in [0.4, 0.5) is 0 Å². The van der Waals surface area contributed by atoms with Crippen molar-refractivity contribution in [1.82, 2.24) is 19.9 Å². The first-order valence-electron chi connectivity index (χ1n) is 4.79. The van der Waals surface area contributed by atoms with Crippen molar-refractivity contribution >= 4 is 34.7 Å². The molecule has 78 valence electrons. The average molecular weight is 238 g/mol. The van der Waals surface area contributed by atoms with Gasteiger partial charge in [0.05, 0.1) is 16.6 Å². The van der Waals surface area contributed by atoms with Gasteiger partial charge >= 0.3 is 0 Å². The molecule has 2 aromatic heterocycles. The number of fused-ring (bicyclic) bond motifs is 1. The van der Waals surface area contributed by atoms with E-state index < -0.39 is 0 Å². The van der Waals surface area contributed by atoms with Crippen LogP contribution in [-0.2, 0) is 6.42 Å². The molecule has 3 heterocycles. The minimum Gasteiger partial charge on any atom is -0.342 e. The second-order valence-electron chi connectivity index (χ2n) is 3.30. The predicted molar refractivity (Wildman–Crippen MR) is 64.1 cm³/mol. The molecule has 0 spiro atoms. The van der Waals surface area contributed by atoms with E-state index in [1.165, 1.54) is 11.5 Å². The van der Waals surface area contributed by atoms with Gasteiger partial charge in [0, 0.05) is 17.9 Å². The van der Waals surface area contributed by atoms with Crippen LogP contribution in [0.15, 0.2) is 12.7 Å². The summed E-state index contributed by atoms with van der Waals surface area (Å²) >= 11 is 4.03. The molecule has 0 radical (unpaired) electrons. The molecule has 1 fully saturated rings. The molecule has 4 nitrogen and oxygen atoms in total. The van der Waals surface area contributed by atoms with Gasteiger partial charge in [0.25, 0.3) is 0 Å². The molecule has 0 aliphatic carbocycles. The lowest BCUT2D eigenvalue weighted by molar-refractivity contribution is 1.01. The van der Waals surface area contributed by atoms with Crippen LogP contribution in [0, 0.1) is 0 Å². The summed E-state index contributed by atoms with van der Waals surface area (Å²) in [5, 5.41) is 0. The standard InChI is InChI=1S/C9H10N4S2/c1-2-15-7(14-1)3-6-8-9(12-4-10-6)13-5-11-8/h4-5,7H,1-3H2,(H,10,11,12,13). The monoisotopic (exact) mass is 238 g/mol. The summed E-state index contributed by atoms with van der Waals surface area (Å²) in [6.45, 7) is 0. The van der Waals surface area contributed by atoms with Crippen molar-refractivity contribution in [2.24, 2.45) is 0 Å². The Hall–Kier alpha value is -0.750. The highest BCUT2D eigenvalue weighted by atomic mass is 32.2. The number of nitrogens with one attached hydrogen (secondary N) is 1. The third kappa shape index (κ3) is 1.83. The number of nitrogens with zero attached hydrogens (tertiary/aromatic N) is 3. The second-order valence-corrected chi connectivity index (χ2v) is 6.22. The molecule has 0 bridgehead atoms. The Kier molecular flexibility index (Phi) is 2.54. The minimum atomic E-state index is 0.645. The van der Waals surface area contributed by atoms with Crippen molar-refractivity contribution in [2.45, 2.75) is 11.0 Å². The Morgan fingerprint density at radius 2 is 2.13 bits per heavy atom. The maximum Gasteiger partial charge on any atom is 0.180 e. The number of H-pyrrole nitrogens is 1. The van der Waals surface area contributed by atoms with Crippen LogP contribution in [0.1, 0.15) is 5.69 Å². The van der Waals surface area contributed by atoms with Crippen LogP contribution in [0.25, 0.3) is 11.2 Å². The highest BCUT2D eigenvalue weighted by Gasteiger charge is 2.18. The predicted octanol–water partition coefficient (Wildman–Crippen LogP) is 1.70. The summed E-state index contributed by atoms with van der Waals surface area (Å²) in [5.41, 5.74) is 2.85. The number of rotatable bonds is 2. The van der Waals surface area contributed by atoms with E-state index in [0.29, 0.717) is 4.58 Å². The Balaban J connectivity index is 1.92. The SMILES string of the molecule is c1nc(CC2SCCS2)c2[nH]cnc2n1. The van der Waals surface area contributed by atoms with Gasteiger partial charge in [0.2, 0.25) is 0 Å². The zero-order valence-corrected chi connectivity index (χ0v) is 9.64. The molecular weight excluding hydrogens is 228 g/mol. The van der Waals surface area contributed by atoms with Gasteiger partial charge in [-0.3, -0.25) is 0 Å². The minimum absolute atomic E-state index is 0.645. The van der Waals surface area contributed by atoms with Gasteiger partial charge in [0.1, 0.15) is 11.8 Å². The first-order valence-corrected chi connectivity index (χ1v) is 6.89. The summed E-state index contributed by atoms with van der Waals surface area (Å²) in [6.07, 6.45) is 4.27. The largest absolute Gasteiger partial charge is 0.342 e. The number of aromatic amines is 1. The van der Waals surface area contributed by atoms with Crippen LogP contribution >= 0.6 is 23.5 Å². The second kappa shape index (κ2) is 4.02. The summed E-state index contributed by atoms with van der Waals surface area (Å²) in [5.74, 6) is 2.51. The number of hydrogen-bond donors (Lipinski definition) is 1. The van der Waals surface area contributed by atoms with Gasteiger partial charge in [-0.2, -0.15) is 0 Å². The molecule has 1 saturated heterocycles. The zero-order valence-electron chi connectivity index (χ0n) is 8.01. The van der Waals surface area contributed by atoms with E-state index in [9.17, 15) is 0 Å². The van der Waals surface area contributed by atoms with E-state index in [2.05, 4.69) is 19.9 Å². The van der Waals surface area contributed by atoms with E-state index in [1.807, 2.05) is 23.5 Å². The number of thioether (sulfide) groups is 2. The molecule has 1 aliphatic rings. The molecule has 0 atom stereocenters. The van der Waals surface area contributed by atoms with Crippen molar-refractivity contribution in [2.75, 3.05) is 11.5 Å². The smallest absolute Gasteiger partial charge is 0.180 e. The fraction of sp³-hybridized carbons (Fsp3) is 0.444. The summed E-state index contributed by atoms with van der Waals surface area (Å²) in [7, 11) is 0. The molecule has 3 rings (SSSR count). The maximum absolute atomic E-state index is 4.33. The first-order chi connectivity index (χ1) is 7.43. The number of aromatic nitrogens is 4. The zero-order chi connectivity index (χ0) is 10.1. The number of imidazole rings is 1. The molecular formula is C9H10N4S2. The first kappa shape index (κ1) is 9.47. The highest BCUT2D eigenvalue weighted by Crippen LogP contribution is 2.34. The Bertz CT molecular complexity index is 464. The summed E-state index contributed by atoms with van der Waals surface area (Å²) < 4.78 is 0.645. The summed E-state index contributed by atoms with van der Waals surface area (Å²) in [6, 6.07) is 0. The van der Waals surface area contributed by atoms with E-state index in [0.717, 1.165) is 23.3 Å². The maximum atomic E-state index is 4.33. The van der Waals surface area contributed by atoms with E-state index in [-0.39, 0.29) is 0 Å². The lowest BCUT2D eigenvalue weighted by Gasteiger charge is -2.06. The molecule has 0 unspecified atom stereocenters. The van der Waals surface area contributed by atoms with Crippen LogP contribution in [-0.4, -0.2) is 36.0 Å². The van der Waals surface area contributed by atoms with Crippen molar-refractivity contribution in [3.63, 3.8) is 0 Å². The molecule has 6 heteroatoms. The lowest BCUT2D eigenvalue weighted by Crippen LogP contribution is -2.02. The molecule has 0 aromatic carbocycles. The molecule has 0 saturated carbocycles. The fourth-order valence-electron chi connectivity index (χ4n) is 1.65. The quantitative estimate of drug-likeness (QED) is 0.863. The van der Waals surface area contributed by atoms with Gasteiger partial charge in [-0.05, 0) is 0 Å². The molecule has 2 aromatic rings. The van der Waals surface area contributed by atoms with E-state index in [4.69, 9.17) is 0 Å². The van der Waals surface area contributed by atoms with Crippen LogP contribution in [0.2, 0.25) is 0 Å². The molecule has 0 amide bonds. The van der Waals surface area contributed by atoms with Crippen LogP contribution in [0.5, 0.6) is 0 Å². The Labute approximate surface area is 95.7 Å². The topological polar surface area (TPSA) is 54.5 Å². The Morgan fingerprint density at radius 3 is 3.00 bits per heavy atom. The van der Waals surface area contributed by atoms with E-state index >= 15 is 0 Å². The van der Waals surface area contributed by atoms with Gasteiger partial charge in [-0.1, -0.05) is 0 Å². The van der Waals surface area contributed by atoms with Crippen molar-refractivity contribution in [3.05, 3.63) is 18.3 Å². The van der Waals surface area contributed by atoms with Gasteiger partial charge in [0.15, 0.2) is 5.65 Å². The normalized spacial score (nSPS) is 17.6. The highest BCUT2D eigenvalue weighted by molar-refractivity contribution is 8.20. The summed E-state index contributed by atoms with van der Waals surface area (Å²) in [4.78, 5) is 15.7. The van der Waals surface area contributed by atoms with Crippen molar-refractivity contribution < 1.29 is 0 Å². The third-order valence-corrected chi connectivity index (χ3v) is 5.38. The van der Waals surface area contributed by atoms with Crippen molar-refractivity contribution in [1.29, 1.82) is 0 Å².